The molecule has 2 aromatic rings. The van der Waals surface area contributed by atoms with E-state index in [1.54, 1.807) is 0 Å². The van der Waals surface area contributed by atoms with Gasteiger partial charge in [-0.2, -0.15) is 0 Å². The van der Waals surface area contributed by atoms with E-state index in [-0.39, 0.29) is 0 Å². The van der Waals surface area contributed by atoms with Gasteiger partial charge in [0.2, 0.25) is 0 Å². The molecule has 0 heteroatoms. The molecule has 0 saturated carbocycles. The van der Waals surface area contributed by atoms with Gasteiger partial charge >= 0.3 is 0 Å². The molecular formula is C19H24. The minimum absolute atomic E-state index is 1.25. The summed E-state index contributed by atoms with van der Waals surface area (Å²) in [6.07, 6.45) is 5.61. The van der Waals surface area contributed by atoms with E-state index in [1.165, 1.54) is 28.7 Å². The fourth-order valence-corrected chi connectivity index (χ4v) is 1.73. The lowest BCUT2D eigenvalue weighted by Crippen LogP contribution is -1.80. The maximum atomic E-state index is 2.18. The lowest BCUT2D eigenvalue weighted by molar-refractivity contribution is 1.09. The van der Waals surface area contributed by atoms with E-state index in [1.807, 2.05) is 0 Å². The molecule has 100 valence electrons. The van der Waals surface area contributed by atoms with E-state index in [2.05, 4.69) is 88.4 Å². The summed E-state index contributed by atoms with van der Waals surface area (Å²) in [6.45, 7) is 8.52. The summed E-state index contributed by atoms with van der Waals surface area (Å²) in [5, 5.41) is 0. The molecule has 0 fully saturated rings. The van der Waals surface area contributed by atoms with Gasteiger partial charge in [-0.25, -0.2) is 0 Å². The molecule has 0 aliphatic rings. The summed E-state index contributed by atoms with van der Waals surface area (Å²) in [4.78, 5) is 0. The standard InChI is InChI=1S/C16H16.C3H8/c1-13-7-3-5-9-15(13)11-12-16-10-6-4-8-14(16)2;1-3-2/h3-12H,1-2H3;3H2,1-2H3/b12-11+;. The molecule has 2 aromatic carbocycles. The highest BCUT2D eigenvalue weighted by molar-refractivity contribution is 5.72. The Balaban J connectivity index is 0.000000550. The lowest BCUT2D eigenvalue weighted by atomic mass is 10.0. The van der Waals surface area contributed by atoms with Crippen LogP contribution in [0, 0.1) is 13.8 Å². The van der Waals surface area contributed by atoms with Gasteiger partial charge in [-0.15, -0.1) is 0 Å². The van der Waals surface area contributed by atoms with Gasteiger partial charge in [-0.05, 0) is 36.1 Å². The van der Waals surface area contributed by atoms with E-state index in [0.717, 1.165) is 0 Å². The molecule has 0 spiro atoms. The van der Waals surface area contributed by atoms with Crippen molar-refractivity contribution in [3.8, 4) is 0 Å². The maximum absolute atomic E-state index is 2.18. The van der Waals surface area contributed by atoms with Gasteiger partial charge < -0.3 is 0 Å². The summed E-state index contributed by atoms with van der Waals surface area (Å²) in [5.74, 6) is 0. The minimum Gasteiger partial charge on any atom is -0.0656 e. The van der Waals surface area contributed by atoms with Crippen LogP contribution in [-0.2, 0) is 0 Å². The van der Waals surface area contributed by atoms with E-state index >= 15 is 0 Å². The molecule has 0 atom stereocenters. The summed E-state index contributed by atoms with van der Waals surface area (Å²) >= 11 is 0. The molecule has 0 N–H and O–H groups in total. The summed E-state index contributed by atoms with van der Waals surface area (Å²) < 4.78 is 0. The zero-order chi connectivity index (χ0) is 14.1. The number of aryl methyl sites for hydroxylation is 2. The average molecular weight is 252 g/mol. The summed E-state index contributed by atoms with van der Waals surface area (Å²) in [6, 6.07) is 16.8. The Kier molecular flexibility index (Phi) is 6.67. The fourth-order valence-electron chi connectivity index (χ4n) is 1.73. The Morgan fingerprint density at radius 3 is 1.32 bits per heavy atom. The molecule has 0 aliphatic carbocycles. The van der Waals surface area contributed by atoms with Crippen LogP contribution in [0.2, 0.25) is 0 Å². The van der Waals surface area contributed by atoms with Gasteiger partial charge in [0.05, 0.1) is 0 Å². The van der Waals surface area contributed by atoms with Crippen LogP contribution in [0.4, 0.5) is 0 Å². The van der Waals surface area contributed by atoms with Crippen molar-refractivity contribution in [3.63, 3.8) is 0 Å². The molecular weight excluding hydrogens is 228 g/mol. The molecule has 0 aliphatic heterocycles. The first-order valence-corrected chi connectivity index (χ1v) is 6.98. The largest absolute Gasteiger partial charge is 0.0656 e. The fraction of sp³-hybridized carbons (Fsp3) is 0.263. The van der Waals surface area contributed by atoms with E-state index in [4.69, 9.17) is 0 Å². The van der Waals surface area contributed by atoms with Crippen LogP contribution in [0.1, 0.15) is 42.5 Å². The van der Waals surface area contributed by atoms with Gasteiger partial charge in [0, 0.05) is 0 Å². The van der Waals surface area contributed by atoms with Crippen LogP contribution in [0.25, 0.3) is 12.2 Å². The second-order valence-corrected chi connectivity index (χ2v) is 4.75. The monoisotopic (exact) mass is 252 g/mol. The normalized spacial score (nSPS) is 10.1. The van der Waals surface area contributed by atoms with Gasteiger partial charge in [0.1, 0.15) is 0 Å². The zero-order valence-corrected chi connectivity index (χ0v) is 12.5. The van der Waals surface area contributed by atoms with Crippen LogP contribution in [0.3, 0.4) is 0 Å². The SMILES string of the molecule is CCC.Cc1ccccc1/C=C/c1ccccc1C. The number of benzene rings is 2. The van der Waals surface area contributed by atoms with Crippen LogP contribution >= 0.6 is 0 Å². The first-order valence-electron chi connectivity index (χ1n) is 6.98. The highest BCUT2D eigenvalue weighted by atomic mass is 14.0. The molecule has 0 unspecified atom stereocenters. The van der Waals surface area contributed by atoms with Crippen molar-refractivity contribution < 1.29 is 0 Å². The Morgan fingerprint density at radius 1 is 0.684 bits per heavy atom. The van der Waals surface area contributed by atoms with Crippen molar-refractivity contribution in [1.29, 1.82) is 0 Å². The maximum Gasteiger partial charge on any atom is -0.0227 e. The first-order chi connectivity index (χ1) is 9.19. The summed E-state index contributed by atoms with van der Waals surface area (Å²) in [5.41, 5.74) is 5.19. The second-order valence-electron chi connectivity index (χ2n) is 4.75. The molecule has 0 saturated heterocycles. The highest BCUT2D eigenvalue weighted by Gasteiger charge is 1.93. The van der Waals surface area contributed by atoms with E-state index in [0.29, 0.717) is 0 Å². The topological polar surface area (TPSA) is 0 Å². The number of rotatable bonds is 2. The summed E-state index contributed by atoms with van der Waals surface area (Å²) in [7, 11) is 0. The third-order valence-corrected chi connectivity index (χ3v) is 2.82. The second kappa shape index (κ2) is 8.31. The quantitative estimate of drug-likeness (QED) is 0.584. The molecule has 0 nitrogen and oxygen atoms in total. The Bertz CT molecular complexity index is 474. The van der Waals surface area contributed by atoms with Crippen LogP contribution < -0.4 is 0 Å². The third kappa shape index (κ3) is 5.13. The lowest BCUT2D eigenvalue weighted by Gasteiger charge is -2.01. The predicted molar refractivity (Wildman–Crippen MR) is 87.3 cm³/mol. The van der Waals surface area contributed by atoms with E-state index < -0.39 is 0 Å². The molecule has 0 aromatic heterocycles. The zero-order valence-electron chi connectivity index (χ0n) is 12.5. The number of hydrogen-bond donors (Lipinski definition) is 0. The molecule has 0 heterocycles. The van der Waals surface area contributed by atoms with Gasteiger partial charge in [0.25, 0.3) is 0 Å². The van der Waals surface area contributed by atoms with Crippen LogP contribution in [-0.4, -0.2) is 0 Å². The van der Waals surface area contributed by atoms with Gasteiger partial charge in [-0.1, -0.05) is 81.0 Å². The van der Waals surface area contributed by atoms with Crippen LogP contribution in [0.5, 0.6) is 0 Å². The molecule has 2 rings (SSSR count). The van der Waals surface area contributed by atoms with Crippen LogP contribution in [0.15, 0.2) is 48.5 Å². The smallest absolute Gasteiger partial charge is 0.0227 e. The van der Waals surface area contributed by atoms with Crippen molar-refractivity contribution in [2.24, 2.45) is 0 Å². The molecule has 0 amide bonds. The van der Waals surface area contributed by atoms with Gasteiger partial charge in [0.15, 0.2) is 0 Å². The Morgan fingerprint density at radius 2 is 1.00 bits per heavy atom. The molecule has 19 heavy (non-hydrogen) atoms. The Labute approximate surface area is 117 Å². The molecule has 0 radical (unpaired) electrons. The van der Waals surface area contributed by atoms with Crippen molar-refractivity contribution in [2.75, 3.05) is 0 Å². The minimum atomic E-state index is 1.25. The van der Waals surface area contributed by atoms with Crippen molar-refractivity contribution >= 4 is 12.2 Å². The highest BCUT2D eigenvalue weighted by Crippen LogP contribution is 2.14. The van der Waals surface area contributed by atoms with Crippen molar-refractivity contribution in [1.82, 2.24) is 0 Å². The van der Waals surface area contributed by atoms with Crippen molar-refractivity contribution in [3.05, 3.63) is 70.8 Å². The average Bonchev–Trinajstić information content (AvgIpc) is 2.40. The van der Waals surface area contributed by atoms with Gasteiger partial charge in [-0.3, -0.25) is 0 Å². The van der Waals surface area contributed by atoms with Crippen molar-refractivity contribution in [2.45, 2.75) is 34.1 Å². The first kappa shape index (κ1) is 15.2. The van der Waals surface area contributed by atoms with E-state index in [9.17, 15) is 0 Å². The predicted octanol–water partition coefficient (Wildman–Crippen LogP) is 5.89. The Hall–Kier alpha value is -1.82. The molecule has 0 bridgehead atoms. The number of hydrogen-bond acceptors (Lipinski definition) is 0. The third-order valence-electron chi connectivity index (χ3n) is 2.82.